The van der Waals surface area contributed by atoms with Gasteiger partial charge in [0.05, 0.1) is 5.66 Å². The van der Waals surface area contributed by atoms with E-state index in [2.05, 4.69) is 15.6 Å². The van der Waals surface area contributed by atoms with Crippen LogP contribution >= 0.6 is 0 Å². The molecule has 0 atom stereocenters. The largest absolute Gasteiger partial charge is 0.370 e. The Bertz CT molecular complexity index is 193. The summed E-state index contributed by atoms with van der Waals surface area (Å²) in [6.07, 6.45) is 0. The van der Waals surface area contributed by atoms with E-state index in [4.69, 9.17) is 5.73 Å². The van der Waals surface area contributed by atoms with E-state index in [1.165, 1.54) is 0 Å². The summed E-state index contributed by atoms with van der Waals surface area (Å²) in [7, 11) is 0. The van der Waals surface area contributed by atoms with Crippen LogP contribution in [0.4, 0.5) is 0 Å². The summed E-state index contributed by atoms with van der Waals surface area (Å²) in [6, 6.07) is 0. The topological polar surface area (TPSA) is 62.4 Å². The number of nitrogens with two attached hydrogens (primary N) is 1. The molecule has 0 spiro atoms. The lowest BCUT2D eigenvalue weighted by molar-refractivity contribution is 0.235. The minimum Gasteiger partial charge on any atom is -0.370 e. The van der Waals surface area contributed by atoms with Gasteiger partial charge in [0.25, 0.3) is 0 Å². The lowest BCUT2D eigenvalue weighted by atomic mass is 10.1. The zero-order valence-corrected chi connectivity index (χ0v) is 7.52. The van der Waals surface area contributed by atoms with Gasteiger partial charge in [-0.05, 0) is 27.7 Å². The number of aliphatic imine (C=N–C) groups is 1. The van der Waals surface area contributed by atoms with Crippen molar-refractivity contribution < 1.29 is 0 Å². The van der Waals surface area contributed by atoms with Crippen molar-refractivity contribution in [1.29, 1.82) is 0 Å². The van der Waals surface area contributed by atoms with Gasteiger partial charge in [-0.3, -0.25) is 5.32 Å². The van der Waals surface area contributed by atoms with E-state index >= 15 is 0 Å². The number of hydrogen-bond acceptors (Lipinski definition) is 4. The summed E-state index contributed by atoms with van der Waals surface area (Å²) in [4.78, 5) is 4.18. The molecule has 1 rings (SSSR count). The fourth-order valence-corrected chi connectivity index (χ4v) is 1.47. The van der Waals surface area contributed by atoms with Crippen LogP contribution in [-0.2, 0) is 0 Å². The highest BCUT2D eigenvalue weighted by Gasteiger charge is 2.31. The monoisotopic (exact) mass is 156 g/mol. The third-order valence-electron chi connectivity index (χ3n) is 1.46. The Morgan fingerprint density at radius 1 is 1.27 bits per heavy atom. The number of guanidine groups is 1. The number of nitrogens with one attached hydrogen (secondary N) is 2. The maximum absolute atomic E-state index is 5.58. The molecule has 0 unspecified atom stereocenters. The molecule has 0 aromatic rings. The molecule has 4 N–H and O–H groups in total. The van der Waals surface area contributed by atoms with Gasteiger partial charge in [0.2, 0.25) is 0 Å². The van der Waals surface area contributed by atoms with Gasteiger partial charge in [-0.2, -0.15) is 0 Å². The van der Waals surface area contributed by atoms with Gasteiger partial charge in [-0.25, -0.2) is 4.99 Å². The van der Waals surface area contributed by atoms with Gasteiger partial charge >= 0.3 is 0 Å². The lowest BCUT2D eigenvalue weighted by Gasteiger charge is -2.40. The molecule has 0 aromatic carbocycles. The van der Waals surface area contributed by atoms with Gasteiger partial charge in [-0.1, -0.05) is 0 Å². The first-order valence-corrected chi connectivity index (χ1v) is 3.74. The molecule has 0 aromatic heterocycles. The second-order valence-electron chi connectivity index (χ2n) is 3.93. The molecular formula is C7H16N4. The zero-order valence-electron chi connectivity index (χ0n) is 7.52. The minimum atomic E-state index is -0.265. The summed E-state index contributed by atoms with van der Waals surface area (Å²) in [5, 5.41) is 6.31. The third kappa shape index (κ3) is 2.08. The lowest BCUT2D eigenvalue weighted by Crippen LogP contribution is -2.66. The van der Waals surface area contributed by atoms with Crippen molar-refractivity contribution in [1.82, 2.24) is 10.6 Å². The molecule has 64 valence electrons. The quantitative estimate of drug-likeness (QED) is 0.461. The molecule has 0 aliphatic carbocycles. The number of nitrogens with zero attached hydrogens (tertiary/aromatic N) is 1. The van der Waals surface area contributed by atoms with Crippen molar-refractivity contribution in [2.75, 3.05) is 0 Å². The fourth-order valence-electron chi connectivity index (χ4n) is 1.47. The van der Waals surface area contributed by atoms with Gasteiger partial charge in [-0.15, -0.1) is 0 Å². The smallest absolute Gasteiger partial charge is 0.191 e. The van der Waals surface area contributed by atoms with Crippen molar-refractivity contribution >= 4 is 5.96 Å². The standard InChI is InChI=1S/C7H16N4/c1-6(2)9-5(8)10-7(3,4)11-6/h11H,1-4H3,(H3,8,9,10). The Balaban J connectivity index is 2.86. The molecule has 0 fully saturated rings. The van der Waals surface area contributed by atoms with Crippen LogP contribution in [0.2, 0.25) is 0 Å². The van der Waals surface area contributed by atoms with Crippen LogP contribution in [-0.4, -0.2) is 17.3 Å². The zero-order chi connectivity index (χ0) is 8.70. The summed E-state index contributed by atoms with van der Waals surface area (Å²) >= 11 is 0. The number of rotatable bonds is 0. The Morgan fingerprint density at radius 3 is 2.18 bits per heavy atom. The highest BCUT2D eigenvalue weighted by atomic mass is 15.4. The van der Waals surface area contributed by atoms with Gasteiger partial charge < -0.3 is 11.1 Å². The molecule has 0 amide bonds. The predicted molar refractivity (Wildman–Crippen MR) is 46.1 cm³/mol. The van der Waals surface area contributed by atoms with E-state index in [9.17, 15) is 0 Å². The minimum absolute atomic E-state index is 0.171. The molecule has 1 aliphatic rings. The van der Waals surface area contributed by atoms with Crippen molar-refractivity contribution in [2.24, 2.45) is 10.7 Å². The summed E-state index contributed by atoms with van der Waals surface area (Å²) in [5.41, 5.74) is 5.15. The average molecular weight is 156 g/mol. The Labute approximate surface area is 67.3 Å². The van der Waals surface area contributed by atoms with Crippen molar-refractivity contribution in [2.45, 2.75) is 39.0 Å². The van der Waals surface area contributed by atoms with Crippen molar-refractivity contribution in [3.63, 3.8) is 0 Å². The Hall–Kier alpha value is -0.770. The Morgan fingerprint density at radius 2 is 1.82 bits per heavy atom. The molecule has 0 bridgehead atoms. The molecule has 0 radical (unpaired) electrons. The molecule has 1 aliphatic heterocycles. The van der Waals surface area contributed by atoms with Crippen molar-refractivity contribution in [3.05, 3.63) is 0 Å². The van der Waals surface area contributed by atoms with Gasteiger partial charge in [0, 0.05) is 0 Å². The summed E-state index contributed by atoms with van der Waals surface area (Å²) in [6.45, 7) is 8.03. The molecule has 11 heavy (non-hydrogen) atoms. The predicted octanol–water partition coefficient (Wildman–Crippen LogP) is -0.0339. The summed E-state index contributed by atoms with van der Waals surface area (Å²) < 4.78 is 0. The molecular weight excluding hydrogens is 140 g/mol. The second kappa shape index (κ2) is 2.11. The first-order valence-electron chi connectivity index (χ1n) is 3.74. The first kappa shape index (κ1) is 8.33. The van der Waals surface area contributed by atoms with Crippen LogP contribution in [0, 0.1) is 0 Å². The maximum atomic E-state index is 5.58. The van der Waals surface area contributed by atoms with Crippen LogP contribution in [0.5, 0.6) is 0 Å². The van der Waals surface area contributed by atoms with Crippen LogP contribution in [0.3, 0.4) is 0 Å². The third-order valence-corrected chi connectivity index (χ3v) is 1.46. The van der Waals surface area contributed by atoms with Crippen LogP contribution in [0.1, 0.15) is 27.7 Å². The van der Waals surface area contributed by atoms with E-state index < -0.39 is 0 Å². The Kier molecular flexibility index (Phi) is 1.59. The molecule has 0 saturated carbocycles. The van der Waals surface area contributed by atoms with E-state index in [-0.39, 0.29) is 11.3 Å². The van der Waals surface area contributed by atoms with E-state index in [0.29, 0.717) is 5.96 Å². The maximum Gasteiger partial charge on any atom is 0.191 e. The van der Waals surface area contributed by atoms with Gasteiger partial charge in [0.1, 0.15) is 5.66 Å². The van der Waals surface area contributed by atoms with Crippen LogP contribution in [0.15, 0.2) is 4.99 Å². The normalized spacial score (nSPS) is 27.1. The molecule has 0 saturated heterocycles. The van der Waals surface area contributed by atoms with Crippen LogP contribution in [0.25, 0.3) is 0 Å². The fraction of sp³-hybridized carbons (Fsp3) is 0.857. The molecule has 1 heterocycles. The van der Waals surface area contributed by atoms with E-state index in [0.717, 1.165) is 0 Å². The van der Waals surface area contributed by atoms with Crippen molar-refractivity contribution in [3.8, 4) is 0 Å². The number of hydrogen-bond donors (Lipinski definition) is 3. The molecule has 4 nitrogen and oxygen atoms in total. The van der Waals surface area contributed by atoms with E-state index in [1.54, 1.807) is 0 Å². The molecule has 4 heteroatoms. The van der Waals surface area contributed by atoms with Gasteiger partial charge in [0.15, 0.2) is 5.96 Å². The second-order valence-corrected chi connectivity index (χ2v) is 3.93. The average Bonchev–Trinajstić information content (AvgIpc) is 1.49. The van der Waals surface area contributed by atoms with Crippen LogP contribution < -0.4 is 16.4 Å². The highest BCUT2D eigenvalue weighted by molar-refractivity contribution is 5.79. The van der Waals surface area contributed by atoms with E-state index in [1.807, 2.05) is 27.7 Å². The first-order chi connectivity index (χ1) is 4.81. The highest BCUT2D eigenvalue weighted by Crippen LogP contribution is 2.13. The summed E-state index contributed by atoms with van der Waals surface area (Å²) in [5.74, 6) is 0.499. The SMILES string of the molecule is CC1(C)N=C(N)NC(C)(C)N1.